The molecule has 1 heterocycles. The number of ether oxygens (including phenoxy) is 1. The van der Waals surface area contributed by atoms with E-state index in [0.29, 0.717) is 15.8 Å². The zero-order chi connectivity index (χ0) is 13.8. The zero-order valence-electron chi connectivity index (χ0n) is 10.2. The van der Waals surface area contributed by atoms with Gasteiger partial charge in [-0.1, -0.05) is 30.1 Å². The molecule has 2 aromatic rings. The largest absolute Gasteiger partial charge is 0.437 e. The number of nitrogens with two attached hydrogens (primary N) is 1. The number of nitrogens with zero attached hydrogens (tertiary/aromatic N) is 2. The summed E-state index contributed by atoms with van der Waals surface area (Å²) in [6.07, 6.45) is 2.22. The van der Waals surface area contributed by atoms with Crippen molar-refractivity contribution >= 4 is 29.2 Å². The van der Waals surface area contributed by atoms with Crippen LogP contribution < -0.4 is 16.0 Å². The van der Waals surface area contributed by atoms with Crippen molar-refractivity contribution in [2.75, 3.05) is 5.43 Å². The molecular weight excluding hydrogens is 287 g/mol. The molecule has 1 aromatic heterocycles. The summed E-state index contributed by atoms with van der Waals surface area (Å²) in [5.74, 6) is 6.29. The van der Waals surface area contributed by atoms with Crippen LogP contribution in [0.5, 0.6) is 11.6 Å². The molecule has 0 atom stereocenters. The highest BCUT2D eigenvalue weighted by atomic mass is 35.5. The van der Waals surface area contributed by atoms with Crippen molar-refractivity contribution in [3.05, 3.63) is 40.0 Å². The molecule has 1 aromatic carbocycles. The van der Waals surface area contributed by atoms with Crippen LogP contribution in [0, 0.1) is 0 Å². The van der Waals surface area contributed by atoms with E-state index in [4.69, 9.17) is 33.8 Å². The maximum atomic E-state index is 6.04. The molecule has 3 N–H and O–H groups in total. The van der Waals surface area contributed by atoms with Crippen molar-refractivity contribution < 1.29 is 4.74 Å². The molecule has 0 saturated heterocycles. The summed E-state index contributed by atoms with van der Waals surface area (Å²) in [5.41, 5.74) is 3.32. The normalized spacial score (nSPS) is 10.3. The van der Waals surface area contributed by atoms with Crippen molar-refractivity contribution in [3.63, 3.8) is 0 Å². The minimum atomic E-state index is 0.226. The van der Waals surface area contributed by atoms with E-state index in [0.717, 1.165) is 12.0 Å². The van der Waals surface area contributed by atoms with Gasteiger partial charge in [0.25, 0.3) is 0 Å². The average Bonchev–Trinajstić information content (AvgIpc) is 2.43. The number of aryl methyl sites for hydroxylation is 1. The Morgan fingerprint density at radius 1 is 1.32 bits per heavy atom. The summed E-state index contributed by atoms with van der Waals surface area (Å²) >= 11 is 12.0. The van der Waals surface area contributed by atoms with Crippen LogP contribution in [-0.4, -0.2) is 9.97 Å². The first kappa shape index (κ1) is 13.9. The molecule has 2 rings (SSSR count). The van der Waals surface area contributed by atoms with Crippen molar-refractivity contribution in [2.24, 2.45) is 5.84 Å². The Kier molecular flexibility index (Phi) is 4.42. The molecule has 19 heavy (non-hydrogen) atoms. The van der Waals surface area contributed by atoms with Crippen molar-refractivity contribution in [2.45, 2.75) is 13.3 Å². The van der Waals surface area contributed by atoms with Crippen LogP contribution in [0.25, 0.3) is 0 Å². The number of hydrazine groups is 1. The standard InChI is InChI=1S/C12H12Cl2N4O/c1-2-7-5-8(3-4-9(7)13)19-11-10(14)6-16-12(17-11)18-15/h3-6H,2,15H2,1H3,(H,16,17,18). The zero-order valence-corrected chi connectivity index (χ0v) is 11.7. The van der Waals surface area contributed by atoms with E-state index in [2.05, 4.69) is 15.4 Å². The number of anilines is 1. The third kappa shape index (κ3) is 3.26. The molecule has 5 nitrogen and oxygen atoms in total. The van der Waals surface area contributed by atoms with Gasteiger partial charge in [0.05, 0.1) is 6.20 Å². The maximum Gasteiger partial charge on any atom is 0.243 e. The summed E-state index contributed by atoms with van der Waals surface area (Å²) in [4.78, 5) is 7.90. The second kappa shape index (κ2) is 6.06. The van der Waals surface area contributed by atoms with Gasteiger partial charge < -0.3 is 4.74 Å². The minimum absolute atomic E-state index is 0.226. The van der Waals surface area contributed by atoms with E-state index in [9.17, 15) is 0 Å². The van der Waals surface area contributed by atoms with Gasteiger partial charge in [-0.2, -0.15) is 4.98 Å². The number of hydrogen-bond donors (Lipinski definition) is 2. The Hall–Kier alpha value is -1.56. The smallest absolute Gasteiger partial charge is 0.243 e. The lowest BCUT2D eigenvalue weighted by atomic mass is 10.1. The Morgan fingerprint density at radius 3 is 2.79 bits per heavy atom. The molecule has 0 radical (unpaired) electrons. The van der Waals surface area contributed by atoms with Gasteiger partial charge in [0, 0.05) is 5.02 Å². The lowest BCUT2D eigenvalue weighted by Gasteiger charge is -2.09. The maximum absolute atomic E-state index is 6.04. The third-order valence-electron chi connectivity index (χ3n) is 2.45. The van der Waals surface area contributed by atoms with E-state index < -0.39 is 0 Å². The van der Waals surface area contributed by atoms with Crippen molar-refractivity contribution in [1.82, 2.24) is 9.97 Å². The number of halogens is 2. The molecule has 7 heteroatoms. The number of benzene rings is 1. The van der Waals surface area contributed by atoms with Gasteiger partial charge in [-0.05, 0) is 30.2 Å². The SMILES string of the molecule is CCc1cc(Oc2nc(NN)ncc2Cl)ccc1Cl. The van der Waals surface area contributed by atoms with Crippen LogP contribution >= 0.6 is 23.2 Å². The number of nitrogen functional groups attached to an aromatic ring is 1. The first-order valence-corrected chi connectivity index (χ1v) is 6.35. The Labute approximate surface area is 120 Å². The monoisotopic (exact) mass is 298 g/mol. The van der Waals surface area contributed by atoms with Gasteiger partial charge in [-0.25, -0.2) is 10.8 Å². The Morgan fingerprint density at radius 2 is 2.11 bits per heavy atom. The Balaban J connectivity index is 2.30. The topological polar surface area (TPSA) is 73.1 Å². The van der Waals surface area contributed by atoms with Crippen LogP contribution in [0.3, 0.4) is 0 Å². The van der Waals surface area contributed by atoms with Crippen molar-refractivity contribution in [1.29, 1.82) is 0 Å². The summed E-state index contributed by atoms with van der Waals surface area (Å²) in [6.45, 7) is 2.01. The van der Waals surface area contributed by atoms with E-state index in [1.165, 1.54) is 6.20 Å². The number of hydrogen-bond acceptors (Lipinski definition) is 5. The first-order valence-electron chi connectivity index (χ1n) is 5.59. The summed E-state index contributed by atoms with van der Waals surface area (Å²) in [6, 6.07) is 5.36. The molecule has 0 spiro atoms. The molecule has 0 fully saturated rings. The van der Waals surface area contributed by atoms with Crippen LogP contribution in [0.15, 0.2) is 24.4 Å². The van der Waals surface area contributed by atoms with Crippen LogP contribution in [0.2, 0.25) is 10.0 Å². The van der Waals surface area contributed by atoms with Crippen LogP contribution in [0.4, 0.5) is 5.95 Å². The molecular formula is C12H12Cl2N4O. The second-order valence-corrected chi connectivity index (χ2v) is 4.51. The molecule has 0 saturated carbocycles. The van der Waals surface area contributed by atoms with Crippen molar-refractivity contribution in [3.8, 4) is 11.6 Å². The van der Waals surface area contributed by atoms with Gasteiger partial charge in [0.2, 0.25) is 11.8 Å². The highest BCUT2D eigenvalue weighted by Crippen LogP contribution is 2.30. The molecule has 0 aliphatic carbocycles. The molecule has 0 bridgehead atoms. The molecule has 0 unspecified atom stereocenters. The number of rotatable bonds is 4. The van der Waals surface area contributed by atoms with E-state index in [1.807, 2.05) is 13.0 Å². The fourth-order valence-electron chi connectivity index (χ4n) is 1.49. The quantitative estimate of drug-likeness (QED) is 0.668. The van der Waals surface area contributed by atoms with Gasteiger partial charge in [0.1, 0.15) is 10.8 Å². The van der Waals surface area contributed by atoms with Gasteiger partial charge in [-0.3, -0.25) is 5.43 Å². The molecule has 0 amide bonds. The van der Waals surface area contributed by atoms with Gasteiger partial charge in [0.15, 0.2) is 0 Å². The predicted molar refractivity (Wildman–Crippen MR) is 75.8 cm³/mol. The second-order valence-electron chi connectivity index (χ2n) is 3.70. The summed E-state index contributed by atoms with van der Waals surface area (Å²) in [7, 11) is 0. The van der Waals surface area contributed by atoms with Crippen LogP contribution in [-0.2, 0) is 6.42 Å². The molecule has 0 aliphatic rings. The van der Waals surface area contributed by atoms with Gasteiger partial charge in [-0.15, -0.1) is 0 Å². The highest BCUT2D eigenvalue weighted by molar-refractivity contribution is 6.32. The lowest BCUT2D eigenvalue weighted by Crippen LogP contribution is -2.10. The van der Waals surface area contributed by atoms with E-state index in [1.54, 1.807) is 12.1 Å². The van der Waals surface area contributed by atoms with Crippen LogP contribution in [0.1, 0.15) is 12.5 Å². The van der Waals surface area contributed by atoms with E-state index >= 15 is 0 Å². The third-order valence-corrected chi connectivity index (χ3v) is 3.08. The fraction of sp³-hybridized carbons (Fsp3) is 0.167. The minimum Gasteiger partial charge on any atom is -0.437 e. The number of aromatic nitrogens is 2. The fourth-order valence-corrected chi connectivity index (χ4v) is 1.87. The van der Waals surface area contributed by atoms with E-state index in [-0.39, 0.29) is 11.8 Å². The number of nitrogens with one attached hydrogen (secondary N) is 1. The summed E-state index contributed by atoms with van der Waals surface area (Å²) in [5, 5.41) is 1.000. The lowest BCUT2D eigenvalue weighted by molar-refractivity contribution is 0.462. The summed E-state index contributed by atoms with van der Waals surface area (Å²) < 4.78 is 5.61. The highest BCUT2D eigenvalue weighted by Gasteiger charge is 2.09. The predicted octanol–water partition coefficient (Wildman–Crippen LogP) is 3.42. The first-order chi connectivity index (χ1) is 9.13. The molecule has 100 valence electrons. The van der Waals surface area contributed by atoms with Gasteiger partial charge >= 0.3 is 0 Å². The Bertz CT molecular complexity index is 592. The molecule has 0 aliphatic heterocycles. The average molecular weight is 299 g/mol.